The molecule has 0 N–H and O–H groups in total. The maximum absolute atomic E-state index is 12.8. The molecule has 7 nitrogen and oxygen atoms in total. The number of hydrogen-bond acceptors (Lipinski definition) is 4. The molecular weight excluding hydrogens is 284 g/mol. The van der Waals surface area contributed by atoms with Crippen LogP contribution in [0.4, 0.5) is 0 Å². The number of carbonyl (C=O) groups excluding carboxylic acids is 3. The van der Waals surface area contributed by atoms with Crippen molar-refractivity contribution in [2.24, 2.45) is 5.41 Å². The fourth-order valence-corrected chi connectivity index (χ4v) is 3.29. The van der Waals surface area contributed by atoms with Gasteiger partial charge in [0.25, 0.3) is 0 Å². The Kier molecular flexibility index (Phi) is 4.08. The van der Waals surface area contributed by atoms with Crippen LogP contribution >= 0.6 is 0 Å². The summed E-state index contributed by atoms with van der Waals surface area (Å²) in [6, 6.07) is 0. The number of carbonyl (C=O) groups is 3. The van der Waals surface area contributed by atoms with E-state index in [4.69, 9.17) is 0 Å². The lowest BCUT2D eigenvalue weighted by Gasteiger charge is -2.37. The summed E-state index contributed by atoms with van der Waals surface area (Å²) < 4.78 is 0. The van der Waals surface area contributed by atoms with Crippen LogP contribution in [0.5, 0.6) is 0 Å². The van der Waals surface area contributed by atoms with E-state index < -0.39 is 5.41 Å². The van der Waals surface area contributed by atoms with Gasteiger partial charge in [0.15, 0.2) is 0 Å². The molecule has 0 aromatic rings. The Balaban J connectivity index is 1.62. The van der Waals surface area contributed by atoms with Crippen molar-refractivity contribution in [2.75, 3.05) is 59.4 Å². The lowest BCUT2D eigenvalue weighted by molar-refractivity contribution is -0.152. The predicted octanol–water partition coefficient (Wildman–Crippen LogP) is -1.16. The smallest absolute Gasteiger partial charge is 0.238 e. The molecule has 3 amide bonds. The van der Waals surface area contributed by atoms with Crippen LogP contribution in [0.25, 0.3) is 0 Å². The quantitative estimate of drug-likeness (QED) is 0.487. The van der Waals surface area contributed by atoms with Crippen molar-refractivity contribution in [1.29, 1.82) is 0 Å². The van der Waals surface area contributed by atoms with E-state index in [0.29, 0.717) is 52.1 Å². The van der Waals surface area contributed by atoms with Gasteiger partial charge in [-0.05, 0) is 19.9 Å². The standard InChI is InChI=1S/C15H24N4O3/c1-16-4-8-18(9-5-16)13(21)15(2-3-15)14(22)19-10-6-17(12-20)7-11-19/h12H,2-11H2,1H3. The van der Waals surface area contributed by atoms with E-state index in [1.54, 1.807) is 9.80 Å². The van der Waals surface area contributed by atoms with Crippen LogP contribution in [0, 0.1) is 5.41 Å². The Morgan fingerprint density at radius 1 is 0.818 bits per heavy atom. The van der Waals surface area contributed by atoms with E-state index in [9.17, 15) is 14.4 Å². The zero-order valence-corrected chi connectivity index (χ0v) is 13.2. The first kappa shape index (κ1) is 15.3. The summed E-state index contributed by atoms with van der Waals surface area (Å²) in [5, 5.41) is 0. The van der Waals surface area contributed by atoms with Crippen LogP contribution in [-0.2, 0) is 14.4 Å². The van der Waals surface area contributed by atoms with E-state index in [-0.39, 0.29) is 11.8 Å². The van der Waals surface area contributed by atoms with Gasteiger partial charge in [0.2, 0.25) is 18.2 Å². The highest BCUT2D eigenvalue weighted by Crippen LogP contribution is 2.49. The zero-order valence-electron chi connectivity index (χ0n) is 13.2. The zero-order chi connectivity index (χ0) is 15.7. The van der Waals surface area contributed by atoms with Crippen LogP contribution in [0.15, 0.2) is 0 Å². The molecule has 3 aliphatic rings. The Hall–Kier alpha value is -1.63. The molecule has 1 saturated carbocycles. The maximum Gasteiger partial charge on any atom is 0.238 e. The van der Waals surface area contributed by atoms with E-state index in [0.717, 1.165) is 19.5 Å². The highest BCUT2D eigenvalue weighted by molar-refractivity contribution is 6.08. The van der Waals surface area contributed by atoms with Gasteiger partial charge >= 0.3 is 0 Å². The molecule has 0 radical (unpaired) electrons. The van der Waals surface area contributed by atoms with Crippen molar-refractivity contribution in [3.63, 3.8) is 0 Å². The molecule has 0 unspecified atom stereocenters. The average Bonchev–Trinajstić information content (AvgIpc) is 3.36. The molecule has 0 aromatic carbocycles. The minimum Gasteiger partial charge on any atom is -0.342 e. The van der Waals surface area contributed by atoms with Gasteiger partial charge in [-0.1, -0.05) is 0 Å². The van der Waals surface area contributed by atoms with Crippen molar-refractivity contribution in [3.05, 3.63) is 0 Å². The number of piperazine rings is 2. The van der Waals surface area contributed by atoms with Crippen LogP contribution in [0.1, 0.15) is 12.8 Å². The maximum atomic E-state index is 12.8. The third kappa shape index (κ3) is 2.69. The van der Waals surface area contributed by atoms with Gasteiger partial charge in [-0.25, -0.2) is 0 Å². The second-order valence-electron chi connectivity index (χ2n) is 6.61. The van der Waals surface area contributed by atoms with Crippen molar-refractivity contribution < 1.29 is 14.4 Å². The van der Waals surface area contributed by atoms with Crippen LogP contribution < -0.4 is 0 Å². The molecule has 122 valence electrons. The minimum absolute atomic E-state index is 0.0171. The molecule has 2 saturated heterocycles. The van der Waals surface area contributed by atoms with Gasteiger partial charge in [0.1, 0.15) is 5.41 Å². The second-order valence-corrected chi connectivity index (χ2v) is 6.61. The monoisotopic (exact) mass is 308 g/mol. The van der Waals surface area contributed by atoms with Crippen molar-refractivity contribution in [2.45, 2.75) is 12.8 Å². The first-order chi connectivity index (χ1) is 10.6. The molecular formula is C15H24N4O3. The summed E-state index contributed by atoms with van der Waals surface area (Å²) in [6.07, 6.45) is 2.17. The third-order valence-corrected chi connectivity index (χ3v) is 5.11. The minimum atomic E-state index is -0.792. The summed E-state index contributed by atoms with van der Waals surface area (Å²) in [4.78, 5) is 43.8. The van der Waals surface area contributed by atoms with Crippen molar-refractivity contribution >= 4 is 18.2 Å². The fraction of sp³-hybridized carbons (Fsp3) is 0.800. The Bertz CT molecular complexity index is 461. The molecule has 1 aliphatic carbocycles. The molecule has 2 heterocycles. The predicted molar refractivity (Wildman–Crippen MR) is 80.0 cm³/mol. The largest absolute Gasteiger partial charge is 0.342 e. The summed E-state index contributed by atoms with van der Waals surface area (Å²) >= 11 is 0. The summed E-state index contributed by atoms with van der Waals surface area (Å²) in [7, 11) is 2.05. The number of amides is 3. The Labute approximate surface area is 130 Å². The summed E-state index contributed by atoms with van der Waals surface area (Å²) in [6.45, 7) is 5.36. The number of nitrogens with zero attached hydrogens (tertiary/aromatic N) is 4. The van der Waals surface area contributed by atoms with E-state index in [1.807, 2.05) is 11.9 Å². The van der Waals surface area contributed by atoms with Gasteiger partial charge in [-0.15, -0.1) is 0 Å². The summed E-state index contributed by atoms with van der Waals surface area (Å²) in [5.74, 6) is -0.00889. The van der Waals surface area contributed by atoms with Gasteiger partial charge in [0, 0.05) is 52.4 Å². The molecule has 0 spiro atoms. The highest BCUT2D eigenvalue weighted by atomic mass is 16.2. The molecule has 3 rings (SSSR count). The summed E-state index contributed by atoms with van der Waals surface area (Å²) in [5.41, 5.74) is -0.792. The van der Waals surface area contributed by atoms with Crippen LogP contribution in [0.2, 0.25) is 0 Å². The third-order valence-electron chi connectivity index (χ3n) is 5.11. The molecule has 0 aromatic heterocycles. The van der Waals surface area contributed by atoms with E-state index in [1.165, 1.54) is 0 Å². The average molecular weight is 308 g/mol. The lowest BCUT2D eigenvalue weighted by Crippen LogP contribution is -2.55. The molecule has 0 atom stereocenters. The molecule has 2 aliphatic heterocycles. The Morgan fingerprint density at radius 3 is 1.68 bits per heavy atom. The molecule has 7 heteroatoms. The van der Waals surface area contributed by atoms with Gasteiger partial charge < -0.3 is 19.6 Å². The van der Waals surface area contributed by atoms with Crippen molar-refractivity contribution in [1.82, 2.24) is 19.6 Å². The van der Waals surface area contributed by atoms with Gasteiger partial charge in [-0.2, -0.15) is 0 Å². The first-order valence-corrected chi connectivity index (χ1v) is 8.03. The molecule has 0 bridgehead atoms. The number of likely N-dealkylation sites (N-methyl/N-ethyl adjacent to an activating group) is 1. The fourth-order valence-electron chi connectivity index (χ4n) is 3.29. The SMILES string of the molecule is CN1CCN(C(=O)C2(C(=O)N3CCN(C=O)CC3)CC2)CC1. The number of rotatable bonds is 3. The number of hydrogen-bond donors (Lipinski definition) is 0. The van der Waals surface area contributed by atoms with Gasteiger partial charge in [-0.3, -0.25) is 14.4 Å². The topological polar surface area (TPSA) is 64.2 Å². The highest BCUT2D eigenvalue weighted by Gasteiger charge is 2.59. The second kappa shape index (κ2) is 5.87. The first-order valence-electron chi connectivity index (χ1n) is 8.03. The van der Waals surface area contributed by atoms with Crippen LogP contribution in [0.3, 0.4) is 0 Å². The Morgan fingerprint density at radius 2 is 1.27 bits per heavy atom. The van der Waals surface area contributed by atoms with Crippen molar-refractivity contribution in [3.8, 4) is 0 Å². The molecule has 3 fully saturated rings. The molecule has 22 heavy (non-hydrogen) atoms. The van der Waals surface area contributed by atoms with E-state index in [2.05, 4.69) is 4.90 Å². The van der Waals surface area contributed by atoms with Crippen LogP contribution in [-0.4, -0.2) is 97.2 Å². The normalized spacial score (nSPS) is 25.0. The van der Waals surface area contributed by atoms with E-state index >= 15 is 0 Å². The van der Waals surface area contributed by atoms with Gasteiger partial charge in [0.05, 0.1) is 0 Å². The lowest BCUT2D eigenvalue weighted by atomic mass is 10.0.